The van der Waals surface area contributed by atoms with Gasteiger partial charge in [-0.3, -0.25) is 4.79 Å². The molecule has 0 aliphatic heterocycles. The summed E-state index contributed by atoms with van der Waals surface area (Å²) in [6, 6.07) is 6.15. The number of aromatic nitrogens is 1. The number of rotatable bonds is 3. The van der Waals surface area contributed by atoms with Crippen molar-refractivity contribution in [3.05, 3.63) is 36.0 Å². The number of carboxylic acids is 1. The van der Waals surface area contributed by atoms with E-state index in [1.165, 1.54) is 0 Å². The minimum atomic E-state index is -1.03. The molecule has 0 saturated carbocycles. The van der Waals surface area contributed by atoms with Crippen molar-refractivity contribution in [1.29, 1.82) is 0 Å². The van der Waals surface area contributed by atoms with Gasteiger partial charge in [0.05, 0.1) is 0 Å². The van der Waals surface area contributed by atoms with Crippen LogP contribution < -0.4 is 5.32 Å². The molecule has 3 N–H and O–H groups in total. The number of aliphatic carboxylic acids is 1. The topological polar surface area (TPSA) is 82.2 Å². The Morgan fingerprint density at radius 1 is 1.25 bits per heavy atom. The molecule has 0 saturated heterocycles. The summed E-state index contributed by atoms with van der Waals surface area (Å²) < 4.78 is 0. The van der Waals surface area contributed by atoms with Crippen LogP contribution in [-0.2, 0) is 4.79 Å². The number of fused-ring (bicyclic) bond motifs is 1. The zero-order valence-electron chi connectivity index (χ0n) is 11.7. The number of hydrogen-bond donors (Lipinski definition) is 3. The highest BCUT2D eigenvalue weighted by atomic mass is 16.4. The van der Waals surface area contributed by atoms with E-state index in [1.54, 1.807) is 45.2 Å². The quantitative estimate of drug-likeness (QED) is 0.803. The summed E-state index contributed by atoms with van der Waals surface area (Å²) >= 11 is 0. The van der Waals surface area contributed by atoms with Gasteiger partial charge >= 0.3 is 5.97 Å². The number of aromatic amines is 1. The van der Waals surface area contributed by atoms with E-state index in [0.717, 1.165) is 10.9 Å². The first-order valence-corrected chi connectivity index (χ1v) is 6.40. The minimum Gasteiger partial charge on any atom is -0.480 e. The molecular formula is C15H18N2O3. The third-order valence-electron chi connectivity index (χ3n) is 3.20. The average molecular weight is 274 g/mol. The molecule has 1 aromatic carbocycles. The maximum atomic E-state index is 12.2. The molecule has 0 aliphatic rings. The second kappa shape index (κ2) is 5.00. The van der Waals surface area contributed by atoms with Gasteiger partial charge in [0.15, 0.2) is 0 Å². The van der Waals surface area contributed by atoms with Crippen LogP contribution in [0.4, 0.5) is 0 Å². The number of benzene rings is 1. The molecule has 0 bridgehead atoms. The molecule has 1 atom stereocenters. The molecule has 0 unspecified atom stereocenters. The van der Waals surface area contributed by atoms with Crippen LogP contribution in [0.3, 0.4) is 0 Å². The molecule has 1 amide bonds. The fourth-order valence-corrected chi connectivity index (χ4v) is 2.06. The van der Waals surface area contributed by atoms with Crippen LogP contribution in [-0.4, -0.2) is 28.0 Å². The Balaban J connectivity index is 2.24. The largest absolute Gasteiger partial charge is 0.480 e. The first kappa shape index (κ1) is 14.1. The fraction of sp³-hybridized carbons (Fsp3) is 0.333. The lowest BCUT2D eigenvalue weighted by atomic mass is 9.86. The van der Waals surface area contributed by atoms with Gasteiger partial charge in [-0.2, -0.15) is 0 Å². The van der Waals surface area contributed by atoms with Crippen LogP contribution in [0.1, 0.15) is 31.1 Å². The summed E-state index contributed by atoms with van der Waals surface area (Å²) in [5, 5.41) is 12.7. The van der Waals surface area contributed by atoms with Crippen molar-refractivity contribution >= 4 is 22.8 Å². The standard InChI is InChI=1S/C15H18N2O3/c1-15(2,3)12(14(19)20)17-13(18)10-4-5-11-9(8-10)6-7-16-11/h4-8,12,16H,1-3H3,(H,17,18)(H,19,20)/t12-/m1/s1. The highest BCUT2D eigenvalue weighted by molar-refractivity contribution is 5.99. The summed E-state index contributed by atoms with van der Waals surface area (Å²) in [7, 11) is 0. The molecule has 1 heterocycles. The summed E-state index contributed by atoms with van der Waals surface area (Å²) in [5.41, 5.74) is 0.833. The third-order valence-corrected chi connectivity index (χ3v) is 3.20. The molecule has 2 aromatic rings. The van der Waals surface area contributed by atoms with Gasteiger partial charge in [0.25, 0.3) is 5.91 Å². The smallest absolute Gasteiger partial charge is 0.326 e. The fourth-order valence-electron chi connectivity index (χ4n) is 2.06. The van der Waals surface area contributed by atoms with Crippen LogP contribution in [0.15, 0.2) is 30.5 Å². The Morgan fingerprint density at radius 3 is 2.55 bits per heavy atom. The van der Waals surface area contributed by atoms with Crippen LogP contribution in [0, 0.1) is 5.41 Å². The molecule has 0 spiro atoms. The molecule has 0 fully saturated rings. The van der Waals surface area contributed by atoms with Crippen molar-refractivity contribution in [1.82, 2.24) is 10.3 Å². The first-order valence-electron chi connectivity index (χ1n) is 6.40. The van der Waals surface area contributed by atoms with Gasteiger partial charge in [0.2, 0.25) is 0 Å². The maximum Gasteiger partial charge on any atom is 0.326 e. The van der Waals surface area contributed by atoms with Gasteiger partial charge in [0.1, 0.15) is 6.04 Å². The predicted molar refractivity (Wildman–Crippen MR) is 76.6 cm³/mol. The SMILES string of the molecule is CC(C)(C)[C@H](NC(=O)c1ccc2[nH]ccc2c1)C(=O)O. The van der Waals surface area contributed by atoms with Crippen LogP contribution in [0.2, 0.25) is 0 Å². The van der Waals surface area contributed by atoms with E-state index in [9.17, 15) is 14.7 Å². The van der Waals surface area contributed by atoms with Gasteiger partial charge in [-0.15, -0.1) is 0 Å². The zero-order chi connectivity index (χ0) is 14.9. The zero-order valence-corrected chi connectivity index (χ0v) is 11.7. The molecular weight excluding hydrogens is 256 g/mol. The van der Waals surface area contributed by atoms with E-state index < -0.39 is 17.4 Å². The number of carbonyl (C=O) groups is 2. The van der Waals surface area contributed by atoms with E-state index in [4.69, 9.17) is 0 Å². The summed E-state index contributed by atoms with van der Waals surface area (Å²) in [4.78, 5) is 26.5. The Morgan fingerprint density at radius 2 is 1.95 bits per heavy atom. The highest BCUT2D eigenvalue weighted by Gasteiger charge is 2.32. The number of carboxylic acid groups (broad SMARTS) is 1. The Hall–Kier alpha value is -2.30. The van der Waals surface area contributed by atoms with Crippen molar-refractivity contribution in [2.75, 3.05) is 0 Å². The number of carbonyl (C=O) groups excluding carboxylic acids is 1. The Bertz CT molecular complexity index is 652. The lowest BCUT2D eigenvalue weighted by Gasteiger charge is -2.27. The van der Waals surface area contributed by atoms with Gasteiger partial charge < -0.3 is 15.4 Å². The molecule has 0 aliphatic carbocycles. The summed E-state index contributed by atoms with van der Waals surface area (Å²) in [6.45, 7) is 5.34. The molecule has 106 valence electrons. The van der Waals surface area contributed by atoms with Crippen LogP contribution >= 0.6 is 0 Å². The molecule has 1 aromatic heterocycles. The lowest BCUT2D eigenvalue weighted by molar-refractivity contribution is -0.142. The monoisotopic (exact) mass is 274 g/mol. The molecule has 2 rings (SSSR count). The van der Waals surface area contributed by atoms with Gasteiger partial charge in [-0.1, -0.05) is 20.8 Å². The third kappa shape index (κ3) is 2.82. The number of H-pyrrole nitrogens is 1. The molecule has 0 radical (unpaired) electrons. The second-order valence-corrected chi connectivity index (χ2v) is 5.89. The maximum absolute atomic E-state index is 12.2. The van der Waals surface area contributed by atoms with E-state index in [1.807, 2.05) is 6.07 Å². The first-order chi connectivity index (χ1) is 9.29. The average Bonchev–Trinajstić information content (AvgIpc) is 2.80. The van der Waals surface area contributed by atoms with E-state index in [-0.39, 0.29) is 5.91 Å². The van der Waals surface area contributed by atoms with Crippen molar-refractivity contribution in [3.8, 4) is 0 Å². The second-order valence-electron chi connectivity index (χ2n) is 5.89. The summed E-state index contributed by atoms with van der Waals surface area (Å²) in [5.74, 6) is -1.41. The van der Waals surface area contributed by atoms with Gasteiger partial charge in [-0.05, 0) is 29.7 Å². The Kier molecular flexibility index (Phi) is 3.53. The predicted octanol–water partition coefficient (Wildman–Crippen LogP) is 2.40. The molecule has 5 nitrogen and oxygen atoms in total. The number of hydrogen-bond acceptors (Lipinski definition) is 2. The van der Waals surface area contributed by atoms with E-state index in [0.29, 0.717) is 5.56 Å². The highest BCUT2D eigenvalue weighted by Crippen LogP contribution is 2.20. The lowest BCUT2D eigenvalue weighted by Crippen LogP contribution is -2.49. The number of amides is 1. The van der Waals surface area contributed by atoms with Crippen LogP contribution in [0.5, 0.6) is 0 Å². The number of nitrogens with one attached hydrogen (secondary N) is 2. The van der Waals surface area contributed by atoms with Crippen LogP contribution in [0.25, 0.3) is 10.9 Å². The van der Waals surface area contributed by atoms with Gasteiger partial charge in [-0.25, -0.2) is 4.79 Å². The van der Waals surface area contributed by atoms with Gasteiger partial charge in [0, 0.05) is 22.7 Å². The van der Waals surface area contributed by atoms with E-state index >= 15 is 0 Å². The van der Waals surface area contributed by atoms with Crippen molar-refractivity contribution in [2.45, 2.75) is 26.8 Å². The Labute approximate surface area is 117 Å². The van der Waals surface area contributed by atoms with E-state index in [2.05, 4.69) is 10.3 Å². The normalized spacial score (nSPS) is 13.2. The summed E-state index contributed by atoms with van der Waals surface area (Å²) in [6.07, 6.45) is 1.79. The van der Waals surface area contributed by atoms with Crippen molar-refractivity contribution in [2.24, 2.45) is 5.41 Å². The molecule has 5 heteroatoms. The molecule has 20 heavy (non-hydrogen) atoms. The van der Waals surface area contributed by atoms with Crippen molar-refractivity contribution < 1.29 is 14.7 Å². The van der Waals surface area contributed by atoms with Crippen molar-refractivity contribution in [3.63, 3.8) is 0 Å². The minimum absolute atomic E-state index is 0.379.